The third kappa shape index (κ3) is 3.28. The van der Waals surface area contributed by atoms with Crippen LogP contribution in [-0.4, -0.2) is 33.3 Å². The molecule has 2 aromatic rings. The van der Waals surface area contributed by atoms with Crippen molar-refractivity contribution < 1.29 is 14.6 Å². The van der Waals surface area contributed by atoms with Gasteiger partial charge in [-0.25, -0.2) is 4.68 Å². The van der Waals surface area contributed by atoms with Crippen molar-refractivity contribution in [1.82, 2.24) is 15.0 Å². The summed E-state index contributed by atoms with van der Waals surface area (Å²) in [6.07, 6.45) is 1.95. The van der Waals surface area contributed by atoms with E-state index in [0.717, 1.165) is 30.9 Å². The number of aryl methyl sites for hydroxylation is 1. The molecule has 0 spiro atoms. The molecule has 118 valence electrons. The summed E-state index contributed by atoms with van der Waals surface area (Å²) in [6, 6.07) is 7.95. The van der Waals surface area contributed by atoms with Gasteiger partial charge in [-0.1, -0.05) is 22.9 Å². The minimum absolute atomic E-state index is 0.0171. The summed E-state index contributed by atoms with van der Waals surface area (Å²) >= 11 is 0. The first-order chi connectivity index (χ1) is 10.8. The topological polar surface area (TPSA) is 69.4 Å². The van der Waals surface area contributed by atoms with Crippen LogP contribution in [0.25, 0.3) is 0 Å². The number of hydrogen-bond acceptors (Lipinski definition) is 5. The highest BCUT2D eigenvalue weighted by molar-refractivity contribution is 5.26. The lowest BCUT2D eigenvalue weighted by Crippen LogP contribution is -2.15. The maximum Gasteiger partial charge on any atom is 0.119 e. The monoisotopic (exact) mass is 303 g/mol. The van der Waals surface area contributed by atoms with Crippen LogP contribution < -0.4 is 4.74 Å². The van der Waals surface area contributed by atoms with E-state index in [9.17, 15) is 5.11 Å². The standard InChI is InChI=1S/C16H21N3O3/c1-12-4-6-13(7-5-12)21-10-8-19-16(14(11-20)17-18-19)15-3-2-9-22-15/h4-7,15,20H,2-3,8-11H2,1H3. The van der Waals surface area contributed by atoms with Crippen LogP contribution in [-0.2, 0) is 17.9 Å². The van der Waals surface area contributed by atoms with Gasteiger partial charge in [-0.15, -0.1) is 5.10 Å². The first-order valence-corrected chi connectivity index (χ1v) is 7.62. The van der Waals surface area contributed by atoms with Gasteiger partial charge in [-0.05, 0) is 31.9 Å². The summed E-state index contributed by atoms with van der Waals surface area (Å²) in [4.78, 5) is 0. The number of hydrogen-bond donors (Lipinski definition) is 1. The molecule has 0 bridgehead atoms. The third-order valence-corrected chi connectivity index (χ3v) is 3.82. The molecule has 1 N–H and O–H groups in total. The molecule has 22 heavy (non-hydrogen) atoms. The molecule has 1 aliphatic heterocycles. The van der Waals surface area contributed by atoms with Gasteiger partial charge in [0.1, 0.15) is 24.2 Å². The van der Waals surface area contributed by atoms with E-state index in [-0.39, 0.29) is 12.7 Å². The number of aliphatic hydroxyl groups is 1. The molecule has 6 heteroatoms. The Balaban J connectivity index is 1.64. The fourth-order valence-electron chi connectivity index (χ4n) is 2.66. The van der Waals surface area contributed by atoms with Crippen molar-refractivity contribution >= 4 is 0 Å². The molecule has 1 atom stereocenters. The molecule has 0 aliphatic carbocycles. The Kier molecular flexibility index (Phi) is 4.70. The molecule has 1 aliphatic rings. The Morgan fingerprint density at radius 1 is 1.36 bits per heavy atom. The quantitative estimate of drug-likeness (QED) is 0.884. The summed E-state index contributed by atoms with van der Waals surface area (Å²) in [7, 11) is 0. The molecule has 0 radical (unpaired) electrons. The Morgan fingerprint density at radius 2 is 2.18 bits per heavy atom. The van der Waals surface area contributed by atoms with Crippen molar-refractivity contribution in [3.8, 4) is 5.75 Å². The molecule has 1 aromatic carbocycles. The average Bonchev–Trinajstić information content (AvgIpc) is 3.17. The molecule has 6 nitrogen and oxygen atoms in total. The lowest BCUT2D eigenvalue weighted by molar-refractivity contribution is 0.101. The van der Waals surface area contributed by atoms with Crippen molar-refractivity contribution in [2.75, 3.05) is 13.2 Å². The normalized spacial score (nSPS) is 17.8. The van der Waals surface area contributed by atoms with Crippen molar-refractivity contribution in [3.63, 3.8) is 0 Å². The van der Waals surface area contributed by atoms with Crippen molar-refractivity contribution in [1.29, 1.82) is 0 Å². The molecule has 1 aromatic heterocycles. The number of ether oxygens (including phenoxy) is 2. The number of nitrogens with zero attached hydrogens (tertiary/aromatic N) is 3. The molecule has 1 fully saturated rings. The number of aromatic nitrogens is 3. The summed E-state index contributed by atoms with van der Waals surface area (Å²) in [5.41, 5.74) is 2.69. The second-order valence-electron chi connectivity index (χ2n) is 5.47. The van der Waals surface area contributed by atoms with Crippen molar-refractivity contribution in [2.45, 2.75) is 39.0 Å². The molecule has 1 unspecified atom stereocenters. The molecule has 0 amide bonds. The highest BCUT2D eigenvalue weighted by Gasteiger charge is 2.26. The maximum atomic E-state index is 9.42. The van der Waals surface area contributed by atoms with Crippen molar-refractivity contribution in [3.05, 3.63) is 41.2 Å². The van der Waals surface area contributed by atoms with Gasteiger partial charge in [-0.3, -0.25) is 0 Å². The van der Waals surface area contributed by atoms with Gasteiger partial charge in [0, 0.05) is 6.61 Å². The summed E-state index contributed by atoms with van der Waals surface area (Å²) in [5, 5.41) is 17.6. The second-order valence-corrected chi connectivity index (χ2v) is 5.47. The Morgan fingerprint density at radius 3 is 2.86 bits per heavy atom. The summed E-state index contributed by atoms with van der Waals surface area (Å²) < 4.78 is 13.2. The number of benzene rings is 1. The van der Waals surface area contributed by atoms with Gasteiger partial charge in [0.25, 0.3) is 0 Å². The van der Waals surface area contributed by atoms with Crippen LogP contribution >= 0.6 is 0 Å². The molecular weight excluding hydrogens is 282 g/mol. The lowest BCUT2D eigenvalue weighted by atomic mass is 10.1. The first-order valence-electron chi connectivity index (χ1n) is 7.62. The molecule has 1 saturated heterocycles. The SMILES string of the molecule is Cc1ccc(OCCn2nnc(CO)c2C2CCCO2)cc1. The van der Waals surface area contributed by atoms with Gasteiger partial charge in [0.05, 0.1) is 18.8 Å². The molecule has 0 saturated carbocycles. The van der Waals surface area contributed by atoms with E-state index in [1.165, 1.54) is 5.56 Å². The van der Waals surface area contributed by atoms with E-state index < -0.39 is 0 Å². The van der Waals surface area contributed by atoms with Crippen LogP contribution in [0.2, 0.25) is 0 Å². The largest absolute Gasteiger partial charge is 0.492 e. The van der Waals surface area contributed by atoms with Gasteiger partial charge >= 0.3 is 0 Å². The van der Waals surface area contributed by atoms with E-state index >= 15 is 0 Å². The van der Waals surface area contributed by atoms with Crippen LogP contribution in [0.4, 0.5) is 0 Å². The zero-order chi connectivity index (χ0) is 15.4. The number of rotatable bonds is 6. The zero-order valence-electron chi connectivity index (χ0n) is 12.7. The van der Waals surface area contributed by atoms with Gasteiger partial charge < -0.3 is 14.6 Å². The van der Waals surface area contributed by atoms with Crippen molar-refractivity contribution in [2.24, 2.45) is 0 Å². The zero-order valence-corrected chi connectivity index (χ0v) is 12.7. The fraction of sp³-hybridized carbons (Fsp3) is 0.500. The van der Waals surface area contributed by atoms with Gasteiger partial charge in [-0.2, -0.15) is 0 Å². The summed E-state index contributed by atoms with van der Waals surface area (Å²) in [5.74, 6) is 0.840. The van der Waals surface area contributed by atoms with Crippen LogP contribution in [0.15, 0.2) is 24.3 Å². The molecule has 2 heterocycles. The number of aliphatic hydroxyl groups excluding tert-OH is 1. The Bertz CT molecular complexity index is 604. The highest BCUT2D eigenvalue weighted by Crippen LogP contribution is 2.30. The molecular formula is C16H21N3O3. The van der Waals surface area contributed by atoms with E-state index in [1.54, 1.807) is 4.68 Å². The first kappa shape index (κ1) is 15.0. The fourth-order valence-corrected chi connectivity index (χ4v) is 2.66. The Labute approximate surface area is 129 Å². The van der Waals surface area contributed by atoms with Crippen LogP contribution in [0.5, 0.6) is 5.75 Å². The highest BCUT2D eigenvalue weighted by atomic mass is 16.5. The molecule has 3 rings (SSSR count). The minimum atomic E-state index is -0.117. The van der Waals surface area contributed by atoms with E-state index in [1.807, 2.05) is 31.2 Å². The van der Waals surface area contributed by atoms with Gasteiger partial charge in [0.15, 0.2) is 0 Å². The van der Waals surface area contributed by atoms with Crippen LogP contribution in [0.1, 0.15) is 35.9 Å². The smallest absolute Gasteiger partial charge is 0.119 e. The second kappa shape index (κ2) is 6.89. The predicted octanol–water partition coefficient (Wildman–Crippen LogP) is 2.01. The Hall–Kier alpha value is -1.92. The lowest BCUT2D eigenvalue weighted by Gasteiger charge is -2.13. The minimum Gasteiger partial charge on any atom is -0.492 e. The predicted molar refractivity (Wildman–Crippen MR) is 80.5 cm³/mol. The van der Waals surface area contributed by atoms with Crippen LogP contribution in [0.3, 0.4) is 0 Å². The average molecular weight is 303 g/mol. The maximum absolute atomic E-state index is 9.42. The van der Waals surface area contributed by atoms with E-state index in [0.29, 0.717) is 18.8 Å². The van der Waals surface area contributed by atoms with E-state index in [2.05, 4.69) is 10.3 Å². The van der Waals surface area contributed by atoms with Crippen LogP contribution in [0, 0.1) is 6.92 Å². The van der Waals surface area contributed by atoms with E-state index in [4.69, 9.17) is 9.47 Å². The summed E-state index contributed by atoms with van der Waals surface area (Å²) in [6.45, 7) is 3.76. The van der Waals surface area contributed by atoms with Gasteiger partial charge in [0.2, 0.25) is 0 Å². The third-order valence-electron chi connectivity index (χ3n) is 3.82.